The van der Waals surface area contributed by atoms with Crippen LogP contribution in [0.3, 0.4) is 0 Å². The van der Waals surface area contributed by atoms with Crippen LogP contribution in [-0.2, 0) is 19.9 Å². The molecule has 102 valence electrons. The molecule has 4 heteroatoms. The largest absolute Gasteiger partial charge is 0.338 e. The molecule has 0 aliphatic heterocycles. The van der Waals surface area contributed by atoms with E-state index in [2.05, 4.69) is 4.98 Å². The summed E-state index contributed by atoms with van der Waals surface area (Å²) in [6.45, 7) is 2.00. The molecule has 2 rings (SSSR count). The van der Waals surface area contributed by atoms with Crippen molar-refractivity contribution in [3.05, 3.63) is 53.9 Å². The SMILES string of the molecule is Cn1ccnc1CCC(C)(N)Cc1cccc(F)c1. The summed E-state index contributed by atoms with van der Waals surface area (Å²) in [5.74, 6) is 0.813. The Labute approximate surface area is 113 Å². The van der Waals surface area contributed by atoms with Gasteiger partial charge in [-0.05, 0) is 37.5 Å². The van der Waals surface area contributed by atoms with Gasteiger partial charge in [0.2, 0.25) is 0 Å². The van der Waals surface area contributed by atoms with Crippen LogP contribution < -0.4 is 5.73 Å². The highest BCUT2D eigenvalue weighted by Gasteiger charge is 2.20. The Balaban J connectivity index is 1.97. The first-order chi connectivity index (χ1) is 8.96. The minimum atomic E-state index is -0.361. The smallest absolute Gasteiger partial charge is 0.123 e. The molecular weight excluding hydrogens is 241 g/mol. The fourth-order valence-electron chi connectivity index (χ4n) is 2.24. The molecule has 0 saturated heterocycles. The second-order valence-electron chi connectivity index (χ2n) is 5.42. The van der Waals surface area contributed by atoms with E-state index in [-0.39, 0.29) is 11.4 Å². The van der Waals surface area contributed by atoms with Gasteiger partial charge in [-0.25, -0.2) is 9.37 Å². The second-order valence-corrected chi connectivity index (χ2v) is 5.42. The molecular formula is C15H20FN3. The van der Waals surface area contributed by atoms with Crippen LogP contribution in [0, 0.1) is 5.82 Å². The molecule has 0 bridgehead atoms. The van der Waals surface area contributed by atoms with Crippen molar-refractivity contribution in [1.82, 2.24) is 9.55 Å². The van der Waals surface area contributed by atoms with Crippen molar-refractivity contribution in [2.45, 2.75) is 31.7 Å². The van der Waals surface area contributed by atoms with Crippen LogP contribution in [0.5, 0.6) is 0 Å². The molecule has 1 heterocycles. The quantitative estimate of drug-likeness (QED) is 0.898. The summed E-state index contributed by atoms with van der Waals surface area (Å²) in [5, 5.41) is 0. The number of halogens is 1. The molecule has 19 heavy (non-hydrogen) atoms. The normalized spacial score (nSPS) is 14.3. The zero-order valence-electron chi connectivity index (χ0n) is 11.4. The van der Waals surface area contributed by atoms with E-state index in [4.69, 9.17) is 5.73 Å². The summed E-state index contributed by atoms with van der Waals surface area (Å²) in [6, 6.07) is 6.63. The van der Waals surface area contributed by atoms with Crippen molar-refractivity contribution in [3.8, 4) is 0 Å². The lowest BCUT2D eigenvalue weighted by molar-refractivity contribution is 0.422. The molecule has 0 spiro atoms. The topological polar surface area (TPSA) is 43.8 Å². The number of imidazole rings is 1. The molecule has 1 aromatic heterocycles. The van der Waals surface area contributed by atoms with E-state index >= 15 is 0 Å². The van der Waals surface area contributed by atoms with Crippen LogP contribution >= 0.6 is 0 Å². The third-order valence-corrected chi connectivity index (χ3v) is 3.34. The standard InChI is InChI=1S/C15H20FN3/c1-15(17,7-6-14-18-8-9-19(14)2)11-12-4-3-5-13(16)10-12/h3-5,8-10H,6-7,11,17H2,1-2H3. The van der Waals surface area contributed by atoms with Gasteiger partial charge in [-0.1, -0.05) is 12.1 Å². The van der Waals surface area contributed by atoms with Gasteiger partial charge in [-0.3, -0.25) is 0 Å². The number of nitrogens with zero attached hydrogens (tertiary/aromatic N) is 2. The van der Waals surface area contributed by atoms with Crippen LogP contribution in [0.15, 0.2) is 36.7 Å². The summed E-state index contributed by atoms with van der Waals surface area (Å²) >= 11 is 0. The lowest BCUT2D eigenvalue weighted by Crippen LogP contribution is -2.39. The van der Waals surface area contributed by atoms with Gasteiger partial charge in [-0.2, -0.15) is 0 Å². The van der Waals surface area contributed by atoms with Gasteiger partial charge in [0.15, 0.2) is 0 Å². The lowest BCUT2D eigenvalue weighted by Gasteiger charge is -2.24. The Hall–Kier alpha value is -1.68. The maximum atomic E-state index is 13.2. The molecule has 0 aliphatic rings. The minimum absolute atomic E-state index is 0.211. The molecule has 1 atom stereocenters. The van der Waals surface area contributed by atoms with Crippen molar-refractivity contribution in [2.24, 2.45) is 12.8 Å². The number of benzene rings is 1. The molecule has 3 nitrogen and oxygen atoms in total. The summed E-state index contributed by atoms with van der Waals surface area (Å²) in [5.41, 5.74) is 6.88. The van der Waals surface area contributed by atoms with Crippen LogP contribution in [0.25, 0.3) is 0 Å². The molecule has 0 fully saturated rings. The minimum Gasteiger partial charge on any atom is -0.338 e. The van der Waals surface area contributed by atoms with E-state index in [1.165, 1.54) is 6.07 Å². The third-order valence-electron chi connectivity index (χ3n) is 3.34. The maximum absolute atomic E-state index is 13.2. The number of nitrogens with two attached hydrogens (primary N) is 1. The first kappa shape index (κ1) is 13.7. The number of rotatable bonds is 5. The lowest BCUT2D eigenvalue weighted by atomic mass is 9.89. The number of hydrogen-bond donors (Lipinski definition) is 1. The molecule has 0 amide bonds. The van der Waals surface area contributed by atoms with Gasteiger partial charge in [0, 0.05) is 31.4 Å². The van der Waals surface area contributed by atoms with Gasteiger partial charge >= 0.3 is 0 Å². The maximum Gasteiger partial charge on any atom is 0.123 e. The summed E-state index contributed by atoms with van der Waals surface area (Å²) in [6.07, 6.45) is 6.01. The Morgan fingerprint density at radius 2 is 2.21 bits per heavy atom. The van der Waals surface area contributed by atoms with E-state index in [1.807, 2.05) is 30.8 Å². The van der Waals surface area contributed by atoms with Crippen LogP contribution in [0.1, 0.15) is 24.7 Å². The van der Waals surface area contributed by atoms with E-state index in [0.29, 0.717) is 6.42 Å². The monoisotopic (exact) mass is 261 g/mol. The van der Waals surface area contributed by atoms with Crippen molar-refractivity contribution in [1.29, 1.82) is 0 Å². The zero-order chi connectivity index (χ0) is 13.9. The Bertz CT molecular complexity index is 546. The van der Waals surface area contributed by atoms with Crippen LogP contribution in [0.4, 0.5) is 4.39 Å². The predicted octanol–water partition coefficient (Wildman–Crippen LogP) is 2.45. The zero-order valence-corrected chi connectivity index (χ0v) is 11.4. The highest BCUT2D eigenvalue weighted by molar-refractivity contribution is 5.18. The van der Waals surface area contributed by atoms with Gasteiger partial charge in [0.25, 0.3) is 0 Å². The van der Waals surface area contributed by atoms with E-state index in [0.717, 1.165) is 24.2 Å². The van der Waals surface area contributed by atoms with Gasteiger partial charge < -0.3 is 10.3 Å². The highest BCUT2D eigenvalue weighted by atomic mass is 19.1. The molecule has 0 aliphatic carbocycles. The fourth-order valence-corrected chi connectivity index (χ4v) is 2.24. The average Bonchev–Trinajstić information content (AvgIpc) is 2.72. The Morgan fingerprint density at radius 3 is 2.84 bits per heavy atom. The Morgan fingerprint density at radius 1 is 1.42 bits per heavy atom. The first-order valence-electron chi connectivity index (χ1n) is 6.46. The Kier molecular flexibility index (Phi) is 4.00. The predicted molar refractivity (Wildman–Crippen MR) is 74.2 cm³/mol. The molecule has 0 radical (unpaired) electrons. The molecule has 1 unspecified atom stereocenters. The van der Waals surface area contributed by atoms with Crippen LogP contribution in [0.2, 0.25) is 0 Å². The van der Waals surface area contributed by atoms with Crippen LogP contribution in [-0.4, -0.2) is 15.1 Å². The summed E-state index contributed by atoms with van der Waals surface area (Å²) in [4.78, 5) is 4.29. The van der Waals surface area contributed by atoms with Gasteiger partial charge in [0.1, 0.15) is 11.6 Å². The summed E-state index contributed by atoms with van der Waals surface area (Å²) < 4.78 is 15.1. The number of aryl methyl sites for hydroxylation is 2. The van der Waals surface area contributed by atoms with E-state index in [1.54, 1.807) is 18.3 Å². The van der Waals surface area contributed by atoms with E-state index in [9.17, 15) is 4.39 Å². The third kappa shape index (κ3) is 3.89. The molecule has 2 N–H and O–H groups in total. The van der Waals surface area contributed by atoms with Crippen molar-refractivity contribution >= 4 is 0 Å². The summed E-state index contributed by atoms with van der Waals surface area (Å²) in [7, 11) is 1.97. The van der Waals surface area contributed by atoms with Crippen molar-refractivity contribution in [2.75, 3.05) is 0 Å². The first-order valence-corrected chi connectivity index (χ1v) is 6.46. The average molecular weight is 261 g/mol. The van der Waals surface area contributed by atoms with Crippen molar-refractivity contribution < 1.29 is 4.39 Å². The fraction of sp³-hybridized carbons (Fsp3) is 0.400. The van der Waals surface area contributed by atoms with Gasteiger partial charge in [0.05, 0.1) is 0 Å². The molecule has 0 saturated carbocycles. The molecule has 1 aromatic carbocycles. The number of aromatic nitrogens is 2. The molecule has 2 aromatic rings. The van der Waals surface area contributed by atoms with E-state index < -0.39 is 0 Å². The van der Waals surface area contributed by atoms with Crippen molar-refractivity contribution in [3.63, 3.8) is 0 Å². The highest BCUT2D eigenvalue weighted by Crippen LogP contribution is 2.17. The number of hydrogen-bond acceptors (Lipinski definition) is 2. The second kappa shape index (κ2) is 5.53. The van der Waals surface area contributed by atoms with Gasteiger partial charge in [-0.15, -0.1) is 0 Å².